The Morgan fingerprint density at radius 1 is 1.05 bits per heavy atom. The number of nitrogens with zero attached hydrogens (tertiary/aromatic N) is 2. The van der Waals surface area contributed by atoms with Gasteiger partial charge in [0, 0.05) is 48.8 Å². The van der Waals surface area contributed by atoms with Crippen LogP contribution < -0.4 is 10.1 Å². The first-order chi connectivity index (χ1) is 17.9. The van der Waals surface area contributed by atoms with Crippen molar-refractivity contribution in [1.29, 1.82) is 0 Å². The molecule has 37 heavy (non-hydrogen) atoms. The van der Waals surface area contributed by atoms with Crippen LogP contribution in [0.25, 0.3) is 10.9 Å². The van der Waals surface area contributed by atoms with Gasteiger partial charge in [-0.15, -0.1) is 0 Å². The fraction of sp³-hybridized carbons (Fsp3) is 0.467. The summed E-state index contributed by atoms with van der Waals surface area (Å²) in [6.45, 7) is 2.65. The zero-order chi connectivity index (χ0) is 25.8. The molecular weight excluding hydrogens is 486 g/mol. The second kappa shape index (κ2) is 11.2. The molecule has 1 fully saturated rings. The van der Waals surface area contributed by atoms with E-state index in [1.54, 1.807) is 18.2 Å². The van der Waals surface area contributed by atoms with Gasteiger partial charge in [0.25, 0.3) is 5.91 Å². The van der Waals surface area contributed by atoms with E-state index in [0.717, 1.165) is 74.5 Å². The first-order valence-corrected chi connectivity index (χ1v) is 13.8. The number of likely N-dealkylation sites (tertiary alicyclic amines) is 1. The van der Waals surface area contributed by atoms with E-state index in [0.29, 0.717) is 35.9 Å². The van der Waals surface area contributed by atoms with Crippen LogP contribution >= 0.6 is 11.6 Å². The van der Waals surface area contributed by atoms with E-state index < -0.39 is 0 Å². The topological polar surface area (TPSA) is 63.6 Å². The Bertz CT molecular complexity index is 1280. The normalized spacial score (nSPS) is 18.8. The lowest BCUT2D eigenvalue weighted by atomic mass is 9.74. The van der Waals surface area contributed by atoms with E-state index in [1.807, 2.05) is 24.1 Å². The van der Waals surface area contributed by atoms with Crippen molar-refractivity contribution in [3.63, 3.8) is 0 Å². The largest absolute Gasteiger partial charge is 0.493 e. The molecule has 2 aliphatic rings. The molecule has 3 heterocycles. The van der Waals surface area contributed by atoms with Crippen LogP contribution in [0.15, 0.2) is 48.7 Å². The Morgan fingerprint density at radius 2 is 1.84 bits per heavy atom. The molecule has 2 amide bonds. The van der Waals surface area contributed by atoms with Gasteiger partial charge in [0.1, 0.15) is 5.75 Å². The minimum atomic E-state index is -0.148. The number of fused-ring (bicyclic) bond motifs is 2. The van der Waals surface area contributed by atoms with Crippen molar-refractivity contribution in [3.05, 3.63) is 64.8 Å². The lowest BCUT2D eigenvalue weighted by Crippen LogP contribution is -2.48. The molecule has 1 saturated heterocycles. The van der Waals surface area contributed by atoms with Crippen LogP contribution in [0.4, 0.5) is 0 Å². The van der Waals surface area contributed by atoms with Gasteiger partial charge >= 0.3 is 0 Å². The molecule has 0 bridgehead atoms. The van der Waals surface area contributed by atoms with Crippen molar-refractivity contribution in [2.24, 2.45) is 12.5 Å². The highest BCUT2D eigenvalue weighted by Crippen LogP contribution is 2.37. The van der Waals surface area contributed by atoms with Gasteiger partial charge in [0.2, 0.25) is 5.91 Å². The fourth-order valence-electron chi connectivity index (χ4n) is 5.89. The number of ether oxygens (including phenoxy) is 1. The summed E-state index contributed by atoms with van der Waals surface area (Å²) in [4.78, 5) is 28.4. The fourth-order valence-corrected chi connectivity index (χ4v) is 6.07. The lowest BCUT2D eigenvalue weighted by molar-refractivity contribution is -0.132. The van der Waals surface area contributed by atoms with Gasteiger partial charge in [-0.1, -0.05) is 49.1 Å². The molecule has 1 spiro atoms. The molecule has 5 rings (SSSR count). The zero-order valence-corrected chi connectivity index (χ0v) is 22.4. The Hall–Kier alpha value is -2.99. The van der Waals surface area contributed by atoms with Crippen molar-refractivity contribution in [1.82, 2.24) is 14.8 Å². The molecular formula is C30H36ClN3O3. The highest BCUT2D eigenvalue weighted by molar-refractivity contribution is 6.31. The molecule has 2 aliphatic heterocycles. The van der Waals surface area contributed by atoms with Gasteiger partial charge < -0.3 is 19.5 Å². The second-order valence-electron chi connectivity index (χ2n) is 10.7. The van der Waals surface area contributed by atoms with Gasteiger partial charge in [0.15, 0.2) is 0 Å². The number of nitrogens with one attached hydrogen (secondary N) is 1. The summed E-state index contributed by atoms with van der Waals surface area (Å²) in [5, 5.41) is 4.86. The van der Waals surface area contributed by atoms with Crippen LogP contribution in [-0.4, -0.2) is 47.5 Å². The number of carbonyl (C=O) groups excluding carboxylic acids is 2. The molecule has 0 saturated carbocycles. The van der Waals surface area contributed by atoms with Crippen molar-refractivity contribution in [2.45, 2.75) is 51.4 Å². The summed E-state index contributed by atoms with van der Waals surface area (Å²) >= 11 is 6.20. The first kappa shape index (κ1) is 25.7. The second-order valence-corrected chi connectivity index (χ2v) is 11.1. The predicted octanol–water partition coefficient (Wildman–Crippen LogP) is 5.76. The number of rotatable bonds is 2. The number of piperidine rings is 1. The van der Waals surface area contributed by atoms with E-state index in [9.17, 15) is 9.59 Å². The van der Waals surface area contributed by atoms with Crippen LogP contribution in [-0.2, 0) is 18.3 Å². The van der Waals surface area contributed by atoms with Gasteiger partial charge in [-0.2, -0.15) is 0 Å². The molecule has 6 nitrogen and oxygen atoms in total. The Morgan fingerprint density at radius 3 is 2.68 bits per heavy atom. The van der Waals surface area contributed by atoms with Gasteiger partial charge in [-0.25, -0.2) is 0 Å². The molecule has 1 aromatic heterocycles. The standard InChI is InChI=1S/C30H36ClN3O3/c1-33-20-22(24-8-4-5-9-26(24)33)18-28(35)34-15-13-30(14-16-34)12-6-2-3-7-17-37-27-11-10-23(31)19-25(27)29(36)32-21-30/h4-5,8-11,19-20H,2-3,6-7,12-18,21H2,1H3,(H,32,36). The number of halogens is 1. The molecule has 3 aromatic rings. The van der Waals surface area contributed by atoms with Crippen molar-refractivity contribution in [2.75, 3.05) is 26.2 Å². The Labute approximate surface area is 223 Å². The van der Waals surface area contributed by atoms with Crippen molar-refractivity contribution in [3.8, 4) is 5.75 Å². The Balaban J connectivity index is 1.26. The summed E-state index contributed by atoms with van der Waals surface area (Å²) < 4.78 is 8.01. The third-order valence-electron chi connectivity index (χ3n) is 8.17. The molecule has 0 aliphatic carbocycles. The van der Waals surface area contributed by atoms with E-state index in [-0.39, 0.29) is 17.2 Å². The van der Waals surface area contributed by atoms with Crippen LogP contribution in [0.3, 0.4) is 0 Å². The smallest absolute Gasteiger partial charge is 0.255 e. The minimum absolute atomic E-state index is 0.000463. The molecule has 0 radical (unpaired) electrons. The molecule has 1 N–H and O–H groups in total. The number of para-hydroxylation sites is 1. The van der Waals surface area contributed by atoms with Crippen molar-refractivity contribution < 1.29 is 14.3 Å². The number of aromatic nitrogens is 1. The number of amides is 2. The maximum absolute atomic E-state index is 13.3. The van der Waals surface area contributed by atoms with E-state index in [4.69, 9.17) is 16.3 Å². The molecule has 0 unspecified atom stereocenters. The number of aryl methyl sites for hydroxylation is 1. The minimum Gasteiger partial charge on any atom is -0.493 e. The zero-order valence-electron chi connectivity index (χ0n) is 21.6. The SMILES string of the molecule is Cn1cc(CC(=O)N2CCC3(CCCCCCOc4ccc(Cl)cc4C(=O)NC3)CC2)c2ccccc21. The molecule has 7 heteroatoms. The third kappa shape index (κ3) is 5.80. The highest BCUT2D eigenvalue weighted by atomic mass is 35.5. The Kier molecular flexibility index (Phi) is 7.75. The average Bonchev–Trinajstić information content (AvgIpc) is 3.22. The molecule has 196 valence electrons. The highest BCUT2D eigenvalue weighted by Gasteiger charge is 2.36. The van der Waals surface area contributed by atoms with Gasteiger partial charge in [0.05, 0.1) is 18.6 Å². The molecule has 2 aromatic carbocycles. The van der Waals surface area contributed by atoms with Crippen LogP contribution in [0.1, 0.15) is 60.9 Å². The number of hydrogen-bond donors (Lipinski definition) is 1. The van der Waals surface area contributed by atoms with Crippen molar-refractivity contribution >= 4 is 34.3 Å². The maximum Gasteiger partial charge on any atom is 0.255 e. The number of benzene rings is 2. The predicted molar refractivity (Wildman–Crippen MR) is 147 cm³/mol. The average molecular weight is 522 g/mol. The summed E-state index contributed by atoms with van der Waals surface area (Å²) in [5.41, 5.74) is 2.72. The van der Waals surface area contributed by atoms with Crippen LogP contribution in [0, 0.1) is 5.41 Å². The number of carbonyl (C=O) groups is 2. The van der Waals surface area contributed by atoms with E-state index in [1.165, 1.54) is 0 Å². The third-order valence-corrected chi connectivity index (χ3v) is 8.40. The van der Waals surface area contributed by atoms with Gasteiger partial charge in [-0.3, -0.25) is 9.59 Å². The maximum atomic E-state index is 13.3. The number of hydrogen-bond acceptors (Lipinski definition) is 3. The van der Waals surface area contributed by atoms with Crippen LogP contribution in [0.2, 0.25) is 5.02 Å². The quantitative estimate of drug-likeness (QED) is 0.466. The van der Waals surface area contributed by atoms with E-state index in [2.05, 4.69) is 28.2 Å². The summed E-state index contributed by atoms with van der Waals surface area (Å²) in [5.74, 6) is 0.621. The summed E-state index contributed by atoms with van der Waals surface area (Å²) in [7, 11) is 2.03. The summed E-state index contributed by atoms with van der Waals surface area (Å²) in [6.07, 6.45) is 9.69. The summed E-state index contributed by atoms with van der Waals surface area (Å²) in [6, 6.07) is 13.5. The van der Waals surface area contributed by atoms with Crippen LogP contribution in [0.5, 0.6) is 5.75 Å². The van der Waals surface area contributed by atoms with Gasteiger partial charge in [-0.05, 0) is 60.9 Å². The monoisotopic (exact) mass is 521 g/mol. The first-order valence-electron chi connectivity index (χ1n) is 13.5. The molecule has 0 atom stereocenters. The lowest BCUT2D eigenvalue weighted by Gasteiger charge is -2.42. The van der Waals surface area contributed by atoms with E-state index >= 15 is 0 Å².